The number of hydrogen-bond donors (Lipinski definition) is 1. The van der Waals surface area contributed by atoms with Crippen molar-refractivity contribution in [3.63, 3.8) is 0 Å². The standard InChI is InChI=1S/C22H27N3O4/c1-28-19-7-3-5-16-4-2-6-18(21(16)19)22(27)23-17-14-20(26)25(15-17)9-8-24-10-12-29-13-11-24/h2-7,17H,8-15H2,1H3,(H,23,27). The molecule has 0 aliphatic carbocycles. The lowest BCUT2D eigenvalue weighted by molar-refractivity contribution is -0.128. The van der Waals surface area contributed by atoms with Crippen LogP contribution in [0, 0.1) is 0 Å². The van der Waals surface area contributed by atoms with Crippen molar-refractivity contribution in [1.82, 2.24) is 15.1 Å². The second-order valence-electron chi connectivity index (χ2n) is 7.53. The number of hydrogen-bond acceptors (Lipinski definition) is 5. The Morgan fingerprint density at radius 1 is 1.17 bits per heavy atom. The van der Waals surface area contributed by atoms with Gasteiger partial charge in [-0.25, -0.2) is 0 Å². The second-order valence-corrected chi connectivity index (χ2v) is 7.53. The largest absolute Gasteiger partial charge is 0.496 e. The number of amides is 2. The summed E-state index contributed by atoms with van der Waals surface area (Å²) in [5, 5.41) is 4.79. The molecule has 1 N–H and O–H groups in total. The molecule has 29 heavy (non-hydrogen) atoms. The molecule has 2 aromatic carbocycles. The van der Waals surface area contributed by atoms with E-state index in [1.54, 1.807) is 13.2 Å². The number of carbonyl (C=O) groups is 2. The van der Waals surface area contributed by atoms with E-state index in [1.165, 1.54) is 0 Å². The minimum Gasteiger partial charge on any atom is -0.496 e. The van der Waals surface area contributed by atoms with Crippen molar-refractivity contribution in [2.75, 3.05) is 53.0 Å². The van der Waals surface area contributed by atoms with Crippen LogP contribution in [0.2, 0.25) is 0 Å². The van der Waals surface area contributed by atoms with Crippen LogP contribution in [0.4, 0.5) is 0 Å². The smallest absolute Gasteiger partial charge is 0.252 e. The molecule has 0 spiro atoms. The first-order valence-corrected chi connectivity index (χ1v) is 10.1. The third kappa shape index (κ3) is 4.36. The molecule has 2 aromatic rings. The van der Waals surface area contributed by atoms with Crippen molar-refractivity contribution < 1.29 is 19.1 Å². The fourth-order valence-electron chi connectivity index (χ4n) is 4.10. The van der Waals surface area contributed by atoms with E-state index in [2.05, 4.69) is 10.2 Å². The number of carbonyl (C=O) groups excluding carboxylic acids is 2. The van der Waals surface area contributed by atoms with Crippen molar-refractivity contribution in [3.05, 3.63) is 42.0 Å². The maximum absolute atomic E-state index is 13.0. The Morgan fingerprint density at radius 2 is 1.93 bits per heavy atom. The molecule has 2 heterocycles. The molecule has 0 bridgehead atoms. The van der Waals surface area contributed by atoms with E-state index < -0.39 is 0 Å². The maximum Gasteiger partial charge on any atom is 0.252 e. The van der Waals surface area contributed by atoms with Gasteiger partial charge in [-0.05, 0) is 17.5 Å². The third-order valence-electron chi connectivity index (χ3n) is 5.67. The van der Waals surface area contributed by atoms with E-state index in [-0.39, 0.29) is 17.9 Å². The molecule has 2 amide bonds. The fraction of sp³-hybridized carbons (Fsp3) is 0.455. The lowest BCUT2D eigenvalue weighted by Gasteiger charge is -2.28. The summed E-state index contributed by atoms with van der Waals surface area (Å²) in [4.78, 5) is 29.5. The summed E-state index contributed by atoms with van der Waals surface area (Å²) in [6.07, 6.45) is 0.344. The lowest BCUT2D eigenvalue weighted by Crippen LogP contribution is -2.42. The zero-order valence-electron chi connectivity index (χ0n) is 16.7. The first-order valence-electron chi connectivity index (χ1n) is 10.1. The molecule has 7 heteroatoms. The van der Waals surface area contributed by atoms with Gasteiger partial charge < -0.3 is 19.7 Å². The van der Waals surface area contributed by atoms with E-state index in [4.69, 9.17) is 9.47 Å². The second kappa shape index (κ2) is 8.80. The summed E-state index contributed by atoms with van der Waals surface area (Å²) in [7, 11) is 1.60. The molecular weight excluding hydrogens is 370 g/mol. The summed E-state index contributed by atoms with van der Waals surface area (Å²) in [5.41, 5.74) is 0.569. The Hall–Kier alpha value is -2.64. The SMILES string of the molecule is COc1cccc2cccc(C(=O)NC3CC(=O)N(CCN4CCOCC4)C3)c12. The van der Waals surface area contributed by atoms with E-state index in [0.29, 0.717) is 30.8 Å². The van der Waals surface area contributed by atoms with Gasteiger partial charge in [-0.3, -0.25) is 14.5 Å². The van der Waals surface area contributed by atoms with Crippen LogP contribution in [0.5, 0.6) is 5.75 Å². The van der Waals surface area contributed by atoms with E-state index in [9.17, 15) is 9.59 Å². The van der Waals surface area contributed by atoms with Gasteiger partial charge in [0.2, 0.25) is 5.91 Å². The summed E-state index contributed by atoms with van der Waals surface area (Å²) in [5.74, 6) is 0.592. The summed E-state index contributed by atoms with van der Waals surface area (Å²) < 4.78 is 10.8. The van der Waals surface area contributed by atoms with Gasteiger partial charge in [0.05, 0.1) is 31.9 Å². The van der Waals surface area contributed by atoms with Gasteiger partial charge >= 0.3 is 0 Å². The Bertz CT molecular complexity index is 890. The van der Waals surface area contributed by atoms with Crippen molar-refractivity contribution in [2.24, 2.45) is 0 Å². The van der Waals surface area contributed by atoms with Gasteiger partial charge in [0.1, 0.15) is 5.75 Å². The van der Waals surface area contributed by atoms with Crippen molar-refractivity contribution in [2.45, 2.75) is 12.5 Å². The normalized spacial score (nSPS) is 20.2. The number of methoxy groups -OCH3 is 1. The number of nitrogens with zero attached hydrogens (tertiary/aromatic N) is 2. The number of ether oxygens (including phenoxy) is 2. The predicted molar refractivity (Wildman–Crippen MR) is 110 cm³/mol. The van der Waals surface area contributed by atoms with Gasteiger partial charge in [0, 0.05) is 44.5 Å². The van der Waals surface area contributed by atoms with Crippen molar-refractivity contribution in [1.29, 1.82) is 0 Å². The molecule has 154 valence electrons. The van der Waals surface area contributed by atoms with Crippen LogP contribution in [0.15, 0.2) is 36.4 Å². The Morgan fingerprint density at radius 3 is 2.69 bits per heavy atom. The zero-order valence-corrected chi connectivity index (χ0v) is 16.7. The highest BCUT2D eigenvalue weighted by Gasteiger charge is 2.31. The van der Waals surface area contributed by atoms with Crippen LogP contribution >= 0.6 is 0 Å². The van der Waals surface area contributed by atoms with Crippen LogP contribution in [-0.4, -0.2) is 80.7 Å². The molecule has 7 nitrogen and oxygen atoms in total. The molecule has 0 radical (unpaired) electrons. The van der Waals surface area contributed by atoms with Crippen LogP contribution in [0.3, 0.4) is 0 Å². The van der Waals surface area contributed by atoms with Gasteiger partial charge in [-0.1, -0.05) is 24.3 Å². The van der Waals surface area contributed by atoms with E-state index in [1.807, 2.05) is 35.2 Å². The topological polar surface area (TPSA) is 71.1 Å². The average Bonchev–Trinajstić information content (AvgIpc) is 3.10. The number of likely N-dealkylation sites (tertiary alicyclic amines) is 1. The third-order valence-corrected chi connectivity index (χ3v) is 5.67. The molecule has 0 aromatic heterocycles. The summed E-state index contributed by atoms with van der Waals surface area (Å²) >= 11 is 0. The molecular formula is C22H27N3O4. The number of fused-ring (bicyclic) bond motifs is 1. The summed E-state index contributed by atoms with van der Waals surface area (Å²) in [6.45, 7) is 5.40. The van der Waals surface area contributed by atoms with E-state index in [0.717, 1.165) is 43.6 Å². The highest BCUT2D eigenvalue weighted by Crippen LogP contribution is 2.29. The van der Waals surface area contributed by atoms with Crippen LogP contribution in [0.1, 0.15) is 16.8 Å². The predicted octanol–water partition coefficient (Wildman–Crippen LogP) is 1.51. The average molecular weight is 397 g/mol. The Balaban J connectivity index is 1.40. The molecule has 4 rings (SSSR count). The van der Waals surface area contributed by atoms with Crippen LogP contribution < -0.4 is 10.1 Å². The van der Waals surface area contributed by atoms with Gasteiger partial charge in [0.25, 0.3) is 5.91 Å². The van der Waals surface area contributed by atoms with Gasteiger partial charge in [0.15, 0.2) is 0 Å². The Kier molecular flexibility index (Phi) is 5.97. The highest BCUT2D eigenvalue weighted by molar-refractivity contribution is 6.09. The molecule has 2 aliphatic heterocycles. The maximum atomic E-state index is 13.0. The van der Waals surface area contributed by atoms with Gasteiger partial charge in [-0.15, -0.1) is 0 Å². The lowest BCUT2D eigenvalue weighted by atomic mass is 10.0. The van der Waals surface area contributed by atoms with Crippen LogP contribution in [0.25, 0.3) is 10.8 Å². The first-order chi connectivity index (χ1) is 14.2. The first kappa shape index (κ1) is 19.7. The minimum atomic E-state index is -0.176. The van der Waals surface area contributed by atoms with Crippen molar-refractivity contribution >= 4 is 22.6 Å². The summed E-state index contributed by atoms with van der Waals surface area (Å²) in [6, 6.07) is 11.2. The molecule has 1 atom stereocenters. The van der Waals surface area contributed by atoms with Gasteiger partial charge in [-0.2, -0.15) is 0 Å². The molecule has 2 aliphatic rings. The number of morpholine rings is 1. The number of rotatable bonds is 6. The minimum absolute atomic E-state index is 0.0964. The monoisotopic (exact) mass is 397 g/mol. The zero-order chi connectivity index (χ0) is 20.2. The highest BCUT2D eigenvalue weighted by atomic mass is 16.5. The molecule has 1 unspecified atom stereocenters. The fourth-order valence-corrected chi connectivity index (χ4v) is 4.10. The Labute approximate surface area is 170 Å². The van der Waals surface area contributed by atoms with Crippen molar-refractivity contribution in [3.8, 4) is 5.75 Å². The number of benzene rings is 2. The number of nitrogens with one attached hydrogen (secondary N) is 1. The van der Waals surface area contributed by atoms with Crippen LogP contribution in [-0.2, 0) is 9.53 Å². The molecule has 2 fully saturated rings. The quantitative estimate of drug-likeness (QED) is 0.800. The molecule has 2 saturated heterocycles. The van der Waals surface area contributed by atoms with E-state index >= 15 is 0 Å². The molecule has 0 saturated carbocycles.